The van der Waals surface area contributed by atoms with Crippen LogP contribution in [0.2, 0.25) is 0 Å². The molecular formula is C24H35BrN2O7. The second-order valence-electron chi connectivity index (χ2n) is 9.68. The van der Waals surface area contributed by atoms with Gasteiger partial charge in [-0.3, -0.25) is 5.32 Å². The highest BCUT2D eigenvalue weighted by Crippen LogP contribution is 2.38. The fraction of sp³-hybridized carbons (Fsp3) is 0.667. The first-order valence-corrected chi connectivity index (χ1v) is 12.4. The van der Waals surface area contributed by atoms with Crippen molar-refractivity contribution in [2.45, 2.75) is 90.9 Å². The maximum atomic E-state index is 12.7. The summed E-state index contributed by atoms with van der Waals surface area (Å²) in [6, 6.07) is 7.15. The number of ether oxygens (including phenoxy) is 5. The van der Waals surface area contributed by atoms with Crippen molar-refractivity contribution in [2.75, 3.05) is 11.9 Å². The van der Waals surface area contributed by atoms with Gasteiger partial charge in [0.25, 0.3) is 0 Å². The van der Waals surface area contributed by atoms with Crippen LogP contribution in [0.25, 0.3) is 0 Å². The number of halogens is 1. The van der Waals surface area contributed by atoms with Gasteiger partial charge < -0.3 is 28.6 Å². The third-order valence-electron chi connectivity index (χ3n) is 5.79. The Balaban J connectivity index is 1.65. The predicted octanol–water partition coefficient (Wildman–Crippen LogP) is 5.13. The molecule has 10 heteroatoms. The lowest BCUT2D eigenvalue weighted by molar-refractivity contribution is -0.155. The number of epoxide rings is 1. The van der Waals surface area contributed by atoms with Gasteiger partial charge in [0.1, 0.15) is 18.3 Å². The van der Waals surface area contributed by atoms with Gasteiger partial charge in [-0.1, -0.05) is 22.9 Å². The van der Waals surface area contributed by atoms with E-state index in [0.717, 1.165) is 4.47 Å². The van der Waals surface area contributed by atoms with E-state index >= 15 is 0 Å². The number of nitrogens with zero attached hydrogens (tertiary/aromatic N) is 1. The number of hydrogen-bond acceptors (Lipinski definition) is 7. The fourth-order valence-electron chi connectivity index (χ4n) is 4.14. The molecule has 0 saturated carbocycles. The summed E-state index contributed by atoms with van der Waals surface area (Å²) in [5.41, 5.74) is 0.598. The van der Waals surface area contributed by atoms with Crippen molar-refractivity contribution in [3.8, 4) is 0 Å². The van der Waals surface area contributed by atoms with Gasteiger partial charge in [0.05, 0.1) is 6.61 Å². The Bertz CT molecular complexity index is 853. The average Bonchev–Trinajstić information content (AvgIpc) is 3.39. The van der Waals surface area contributed by atoms with E-state index in [0.29, 0.717) is 5.69 Å². The Morgan fingerprint density at radius 2 is 1.74 bits per heavy atom. The van der Waals surface area contributed by atoms with Crippen molar-refractivity contribution in [3.63, 3.8) is 0 Å². The molecule has 2 aliphatic rings. The summed E-state index contributed by atoms with van der Waals surface area (Å²) in [5.74, 6) is -1.11. The number of nitrogens with one attached hydrogen (secondary N) is 1. The lowest BCUT2D eigenvalue weighted by Crippen LogP contribution is -2.44. The summed E-state index contributed by atoms with van der Waals surface area (Å²) >= 11 is 3.37. The lowest BCUT2D eigenvalue weighted by atomic mass is 9.96. The monoisotopic (exact) mass is 542 g/mol. The minimum absolute atomic E-state index is 0.00761. The Morgan fingerprint density at radius 1 is 1.12 bits per heavy atom. The van der Waals surface area contributed by atoms with Crippen molar-refractivity contribution in [2.24, 2.45) is 5.92 Å². The van der Waals surface area contributed by atoms with Crippen LogP contribution in [-0.4, -0.2) is 66.2 Å². The molecule has 0 spiro atoms. The van der Waals surface area contributed by atoms with Crippen LogP contribution >= 0.6 is 15.9 Å². The van der Waals surface area contributed by atoms with Crippen molar-refractivity contribution in [3.05, 3.63) is 28.7 Å². The summed E-state index contributed by atoms with van der Waals surface area (Å²) in [6.45, 7) is 13.5. The fourth-order valence-corrected chi connectivity index (χ4v) is 4.41. The van der Waals surface area contributed by atoms with Gasteiger partial charge >= 0.3 is 12.2 Å². The normalized spacial score (nSPS) is 25.1. The van der Waals surface area contributed by atoms with E-state index in [1.54, 1.807) is 30.9 Å². The van der Waals surface area contributed by atoms with Gasteiger partial charge in [-0.25, -0.2) is 9.59 Å². The molecule has 2 fully saturated rings. The molecule has 0 bridgehead atoms. The zero-order chi connectivity index (χ0) is 25.2. The number of hydrogen-bond donors (Lipinski definition) is 1. The lowest BCUT2D eigenvalue weighted by Gasteiger charge is -2.30. The highest BCUT2D eigenvalue weighted by molar-refractivity contribution is 9.10. The van der Waals surface area contributed by atoms with Crippen LogP contribution in [0.15, 0.2) is 28.7 Å². The molecule has 190 valence electrons. The van der Waals surface area contributed by atoms with E-state index in [-0.39, 0.29) is 24.6 Å². The Morgan fingerprint density at radius 3 is 2.26 bits per heavy atom. The molecule has 1 aromatic carbocycles. The Labute approximate surface area is 209 Å². The number of benzene rings is 1. The summed E-state index contributed by atoms with van der Waals surface area (Å²) in [6.07, 6.45) is -3.37. The molecule has 34 heavy (non-hydrogen) atoms. The molecule has 1 N–H and O–H groups in total. The van der Waals surface area contributed by atoms with Gasteiger partial charge in [-0.15, -0.1) is 0 Å². The second-order valence-corrected chi connectivity index (χ2v) is 10.6. The van der Waals surface area contributed by atoms with Crippen molar-refractivity contribution in [1.82, 2.24) is 4.90 Å². The van der Waals surface area contributed by atoms with Crippen LogP contribution in [-0.2, 0) is 23.7 Å². The number of carbonyl (C=O) groups excluding carboxylic acids is 2. The van der Waals surface area contributed by atoms with E-state index in [2.05, 4.69) is 21.2 Å². The van der Waals surface area contributed by atoms with E-state index in [4.69, 9.17) is 23.7 Å². The molecule has 0 radical (unpaired) electrons. The zero-order valence-electron chi connectivity index (χ0n) is 20.7. The first-order valence-electron chi connectivity index (χ1n) is 11.6. The number of anilines is 1. The first-order chi connectivity index (χ1) is 15.9. The summed E-state index contributed by atoms with van der Waals surface area (Å²) in [4.78, 5) is 27.0. The number of amides is 2. The molecule has 1 aromatic rings. The standard InChI is InChI=1S/C24H35BrN2O7/c1-13(2)27(14(3)4)23(29)33-21-20(31-21)15(5)19(18-12-30-24(6,7)34-18)32-22(28)26-17-10-8-16(25)9-11-17/h8-11,13-15,18-21H,12H2,1-7H3,(H,26,28)/t15-,18-,19+,20-,21+/m1/s1. The highest BCUT2D eigenvalue weighted by atomic mass is 79.9. The van der Waals surface area contributed by atoms with Gasteiger partial charge in [0.2, 0.25) is 6.29 Å². The maximum Gasteiger partial charge on any atom is 0.412 e. The van der Waals surface area contributed by atoms with Crippen molar-refractivity contribution < 1.29 is 33.3 Å². The Kier molecular flexibility index (Phi) is 8.49. The van der Waals surface area contributed by atoms with Crippen LogP contribution in [0.3, 0.4) is 0 Å². The first kappa shape index (κ1) is 26.7. The van der Waals surface area contributed by atoms with Gasteiger partial charge in [0, 0.05) is 28.2 Å². The predicted molar refractivity (Wildman–Crippen MR) is 129 cm³/mol. The minimum atomic E-state index is -0.792. The maximum absolute atomic E-state index is 12.7. The van der Waals surface area contributed by atoms with E-state index in [1.165, 1.54) is 0 Å². The van der Waals surface area contributed by atoms with Gasteiger partial charge in [-0.05, 0) is 65.8 Å². The third kappa shape index (κ3) is 6.84. The topological polar surface area (TPSA) is 98.9 Å². The molecule has 2 amide bonds. The van der Waals surface area contributed by atoms with Crippen LogP contribution in [0.5, 0.6) is 0 Å². The smallest absolute Gasteiger partial charge is 0.412 e. The molecule has 0 aromatic heterocycles. The van der Waals surface area contributed by atoms with Crippen LogP contribution < -0.4 is 5.32 Å². The molecule has 0 unspecified atom stereocenters. The SMILES string of the molecule is CC(C)N(C(=O)O[C@@H]1O[C@@H]1[C@H](C)[C@H](OC(=O)Nc1ccc(Br)cc1)[C@H]1COC(C)(C)O1)C(C)C. The minimum Gasteiger partial charge on any atom is -0.443 e. The van der Waals surface area contributed by atoms with E-state index < -0.39 is 42.6 Å². The molecule has 3 rings (SSSR count). The second kappa shape index (κ2) is 10.8. The molecular weight excluding hydrogens is 508 g/mol. The molecule has 9 nitrogen and oxygen atoms in total. The van der Waals surface area contributed by atoms with Gasteiger partial charge in [0.15, 0.2) is 5.79 Å². The molecule has 5 atom stereocenters. The molecule has 2 saturated heterocycles. The van der Waals surface area contributed by atoms with Crippen molar-refractivity contribution in [1.29, 1.82) is 0 Å². The van der Waals surface area contributed by atoms with Gasteiger partial charge in [-0.2, -0.15) is 0 Å². The quantitative estimate of drug-likeness (QED) is 0.454. The number of carbonyl (C=O) groups is 2. The summed E-state index contributed by atoms with van der Waals surface area (Å²) in [7, 11) is 0. The van der Waals surface area contributed by atoms with E-state index in [9.17, 15) is 9.59 Å². The van der Waals surface area contributed by atoms with Crippen LogP contribution in [0, 0.1) is 5.92 Å². The molecule has 2 heterocycles. The Hall–Kier alpha value is -1.88. The largest absolute Gasteiger partial charge is 0.443 e. The number of rotatable bonds is 8. The summed E-state index contributed by atoms with van der Waals surface area (Å²) in [5, 5.41) is 2.73. The van der Waals surface area contributed by atoms with Crippen LogP contribution in [0.4, 0.5) is 15.3 Å². The van der Waals surface area contributed by atoms with E-state index in [1.807, 2.05) is 46.8 Å². The van der Waals surface area contributed by atoms with Crippen LogP contribution in [0.1, 0.15) is 48.5 Å². The summed E-state index contributed by atoms with van der Waals surface area (Å²) < 4.78 is 29.7. The third-order valence-corrected chi connectivity index (χ3v) is 6.32. The van der Waals surface area contributed by atoms with Crippen molar-refractivity contribution >= 4 is 33.8 Å². The zero-order valence-corrected chi connectivity index (χ0v) is 22.3. The molecule has 2 aliphatic heterocycles. The molecule has 0 aliphatic carbocycles. The average molecular weight is 543 g/mol. The highest BCUT2D eigenvalue weighted by Gasteiger charge is 2.54.